The predicted molar refractivity (Wildman–Crippen MR) is 116 cm³/mol. The van der Waals surface area contributed by atoms with Crippen molar-refractivity contribution >= 4 is 33.2 Å². The van der Waals surface area contributed by atoms with Gasteiger partial charge in [0.2, 0.25) is 10.0 Å². The highest BCUT2D eigenvalue weighted by molar-refractivity contribution is 7.89. The van der Waals surface area contributed by atoms with Crippen LogP contribution < -0.4 is 5.32 Å². The number of aryl methyl sites for hydroxylation is 1. The molecule has 4 rings (SSSR count). The van der Waals surface area contributed by atoms with Gasteiger partial charge in [0.15, 0.2) is 0 Å². The second-order valence-electron chi connectivity index (χ2n) is 7.23. The fourth-order valence-corrected chi connectivity index (χ4v) is 5.44. The molecule has 0 unspecified atom stereocenters. The highest BCUT2D eigenvalue weighted by atomic mass is 35.5. The van der Waals surface area contributed by atoms with Crippen LogP contribution in [0.3, 0.4) is 0 Å². The van der Waals surface area contributed by atoms with Gasteiger partial charge < -0.3 is 5.32 Å². The van der Waals surface area contributed by atoms with E-state index in [0.29, 0.717) is 30.2 Å². The van der Waals surface area contributed by atoms with Crippen LogP contribution in [-0.4, -0.2) is 41.5 Å². The molecule has 1 fully saturated rings. The summed E-state index contributed by atoms with van der Waals surface area (Å²) < 4.78 is 41.6. The molecule has 0 bridgehead atoms. The number of sulfonamides is 1. The standard InChI is InChI=1S/C21H20ClFN4O3S/c1-14-19(20(22)27(25-14)17-9-7-15(23)8-10-17)21(28)24-16-5-4-6-18(13-16)31(29,30)26-11-2-3-12-26/h4-10,13H,2-3,11-12H2,1H3,(H,24,28). The zero-order chi connectivity index (χ0) is 22.2. The van der Waals surface area contributed by atoms with Crippen molar-refractivity contribution < 1.29 is 17.6 Å². The van der Waals surface area contributed by atoms with Crippen molar-refractivity contribution in [3.05, 3.63) is 70.8 Å². The average Bonchev–Trinajstić information content (AvgIpc) is 3.38. The van der Waals surface area contributed by atoms with Gasteiger partial charge in [-0.05, 0) is 62.2 Å². The van der Waals surface area contributed by atoms with E-state index >= 15 is 0 Å². The normalized spacial score (nSPS) is 14.7. The van der Waals surface area contributed by atoms with E-state index in [-0.39, 0.29) is 15.6 Å². The number of carbonyl (C=O) groups is 1. The predicted octanol–water partition coefficient (Wildman–Crippen LogP) is 4.01. The molecule has 0 aliphatic carbocycles. The molecule has 1 saturated heterocycles. The van der Waals surface area contributed by atoms with Gasteiger partial charge in [-0.1, -0.05) is 17.7 Å². The molecule has 10 heteroatoms. The van der Waals surface area contributed by atoms with Crippen LogP contribution in [0, 0.1) is 12.7 Å². The quantitative estimate of drug-likeness (QED) is 0.621. The zero-order valence-electron chi connectivity index (χ0n) is 16.7. The van der Waals surface area contributed by atoms with Crippen molar-refractivity contribution in [2.75, 3.05) is 18.4 Å². The first-order valence-electron chi connectivity index (χ1n) is 9.70. The molecule has 1 aliphatic rings. The Balaban J connectivity index is 1.60. The number of hydrogen-bond acceptors (Lipinski definition) is 4. The van der Waals surface area contributed by atoms with Crippen molar-refractivity contribution in [2.45, 2.75) is 24.7 Å². The number of anilines is 1. The van der Waals surface area contributed by atoms with E-state index < -0.39 is 21.7 Å². The molecule has 1 aromatic heterocycles. The SMILES string of the molecule is Cc1nn(-c2ccc(F)cc2)c(Cl)c1C(=O)Nc1cccc(S(=O)(=O)N2CCCC2)c1. The third-order valence-corrected chi connectivity index (χ3v) is 7.34. The van der Waals surface area contributed by atoms with Gasteiger partial charge in [-0.25, -0.2) is 17.5 Å². The van der Waals surface area contributed by atoms with Crippen LogP contribution >= 0.6 is 11.6 Å². The van der Waals surface area contributed by atoms with Gasteiger partial charge in [0, 0.05) is 18.8 Å². The summed E-state index contributed by atoms with van der Waals surface area (Å²) in [7, 11) is -3.60. The Bertz CT molecular complexity index is 1240. The lowest BCUT2D eigenvalue weighted by molar-refractivity contribution is 0.102. The highest BCUT2D eigenvalue weighted by Gasteiger charge is 2.27. The molecule has 1 amide bonds. The minimum absolute atomic E-state index is 0.0717. The van der Waals surface area contributed by atoms with E-state index in [9.17, 15) is 17.6 Å². The average molecular weight is 463 g/mol. The molecule has 0 spiro atoms. The van der Waals surface area contributed by atoms with Gasteiger partial charge in [-0.3, -0.25) is 4.79 Å². The molecule has 31 heavy (non-hydrogen) atoms. The third-order valence-electron chi connectivity index (χ3n) is 5.10. The Morgan fingerprint density at radius 1 is 1.13 bits per heavy atom. The highest BCUT2D eigenvalue weighted by Crippen LogP contribution is 2.26. The lowest BCUT2D eigenvalue weighted by atomic mass is 10.2. The van der Waals surface area contributed by atoms with Gasteiger partial charge in [-0.15, -0.1) is 0 Å². The topological polar surface area (TPSA) is 84.3 Å². The molecule has 3 aromatic rings. The van der Waals surface area contributed by atoms with Crippen LogP contribution in [0.15, 0.2) is 53.4 Å². The number of rotatable bonds is 5. The fourth-order valence-electron chi connectivity index (χ4n) is 3.52. The van der Waals surface area contributed by atoms with Gasteiger partial charge in [0.1, 0.15) is 16.5 Å². The molecule has 1 aliphatic heterocycles. The minimum Gasteiger partial charge on any atom is -0.322 e. The number of nitrogens with one attached hydrogen (secondary N) is 1. The van der Waals surface area contributed by atoms with E-state index in [1.165, 1.54) is 45.4 Å². The van der Waals surface area contributed by atoms with Crippen LogP contribution in [0.2, 0.25) is 5.15 Å². The Labute approximate surface area is 184 Å². The molecule has 2 heterocycles. The first-order valence-corrected chi connectivity index (χ1v) is 11.5. The largest absolute Gasteiger partial charge is 0.322 e. The maximum atomic E-state index is 13.2. The first-order chi connectivity index (χ1) is 14.8. The first kappa shape index (κ1) is 21.5. The maximum absolute atomic E-state index is 13.2. The summed E-state index contributed by atoms with van der Waals surface area (Å²) in [6, 6.07) is 11.7. The molecular weight excluding hydrogens is 443 g/mol. The monoisotopic (exact) mass is 462 g/mol. The van der Waals surface area contributed by atoms with Crippen LogP contribution in [0.25, 0.3) is 5.69 Å². The summed E-state index contributed by atoms with van der Waals surface area (Å²) in [5.74, 6) is -0.919. The second kappa shape index (κ2) is 8.41. The van der Waals surface area contributed by atoms with Crippen LogP contribution in [0.1, 0.15) is 28.9 Å². The molecule has 0 saturated carbocycles. The summed E-state index contributed by atoms with van der Waals surface area (Å²) in [6.07, 6.45) is 1.68. The lowest BCUT2D eigenvalue weighted by Gasteiger charge is -2.16. The van der Waals surface area contributed by atoms with Crippen molar-refractivity contribution in [3.63, 3.8) is 0 Å². The van der Waals surface area contributed by atoms with Crippen LogP contribution in [0.5, 0.6) is 0 Å². The summed E-state index contributed by atoms with van der Waals surface area (Å²) in [5, 5.41) is 7.05. The maximum Gasteiger partial charge on any atom is 0.260 e. The van der Waals surface area contributed by atoms with Gasteiger partial charge >= 0.3 is 0 Å². The van der Waals surface area contributed by atoms with Crippen molar-refractivity contribution in [1.29, 1.82) is 0 Å². The number of nitrogens with zero attached hydrogens (tertiary/aromatic N) is 3. The smallest absolute Gasteiger partial charge is 0.260 e. The molecule has 7 nitrogen and oxygen atoms in total. The number of carbonyl (C=O) groups excluding carboxylic acids is 1. The fraction of sp³-hybridized carbons (Fsp3) is 0.238. The van der Waals surface area contributed by atoms with Crippen LogP contribution in [-0.2, 0) is 10.0 Å². The van der Waals surface area contributed by atoms with E-state index in [1.807, 2.05) is 0 Å². The van der Waals surface area contributed by atoms with Crippen LogP contribution in [0.4, 0.5) is 10.1 Å². The minimum atomic E-state index is -3.60. The Hall–Kier alpha value is -2.75. The van der Waals surface area contributed by atoms with Gasteiger partial charge in [0.05, 0.1) is 16.3 Å². The third kappa shape index (κ3) is 4.21. The molecular formula is C21H20ClFN4O3S. The molecule has 0 radical (unpaired) electrons. The molecule has 1 N–H and O–H groups in total. The van der Waals surface area contributed by atoms with Gasteiger partial charge in [-0.2, -0.15) is 9.40 Å². The summed E-state index contributed by atoms with van der Waals surface area (Å²) in [5.41, 5.74) is 1.37. The lowest BCUT2D eigenvalue weighted by Crippen LogP contribution is -2.27. The Morgan fingerprint density at radius 2 is 1.81 bits per heavy atom. The number of hydrogen-bond donors (Lipinski definition) is 1. The van der Waals surface area contributed by atoms with Gasteiger partial charge in [0.25, 0.3) is 5.91 Å². The van der Waals surface area contributed by atoms with E-state index in [4.69, 9.17) is 11.6 Å². The van der Waals surface area contributed by atoms with Crippen molar-refractivity contribution in [2.24, 2.45) is 0 Å². The van der Waals surface area contributed by atoms with E-state index in [2.05, 4.69) is 10.4 Å². The summed E-state index contributed by atoms with van der Waals surface area (Å²) >= 11 is 6.40. The second-order valence-corrected chi connectivity index (χ2v) is 9.53. The molecule has 162 valence electrons. The van der Waals surface area contributed by atoms with E-state index in [1.54, 1.807) is 19.1 Å². The molecule has 0 atom stereocenters. The number of aromatic nitrogens is 2. The van der Waals surface area contributed by atoms with Crippen molar-refractivity contribution in [3.8, 4) is 5.69 Å². The van der Waals surface area contributed by atoms with E-state index in [0.717, 1.165) is 12.8 Å². The Kier molecular flexibility index (Phi) is 5.83. The summed E-state index contributed by atoms with van der Waals surface area (Å²) in [6.45, 7) is 2.63. The number of benzene rings is 2. The molecule has 2 aromatic carbocycles. The Morgan fingerprint density at radius 3 is 2.48 bits per heavy atom. The number of halogens is 2. The summed E-state index contributed by atoms with van der Waals surface area (Å²) in [4.78, 5) is 13.0. The van der Waals surface area contributed by atoms with Crippen molar-refractivity contribution in [1.82, 2.24) is 14.1 Å². The zero-order valence-corrected chi connectivity index (χ0v) is 18.3. The number of amides is 1.